The second-order valence-corrected chi connectivity index (χ2v) is 5.78. The molecule has 2 rings (SSSR count). The Morgan fingerprint density at radius 1 is 1.42 bits per heavy atom. The second kappa shape index (κ2) is 6.73. The molecule has 0 atom stereocenters. The molecule has 0 saturated carbocycles. The lowest BCUT2D eigenvalue weighted by Crippen LogP contribution is -2.23. The van der Waals surface area contributed by atoms with Gasteiger partial charge in [-0.25, -0.2) is 0 Å². The third-order valence-electron chi connectivity index (χ3n) is 2.49. The fourth-order valence-corrected chi connectivity index (χ4v) is 2.64. The normalized spacial score (nSPS) is 10.2. The standard InChI is InChI=1S/C14H14BrNO2S/c1-2-18-13-6-5-10(15)8-12(13)14(17)16-9-11-4-3-7-19-11/h3-8H,2,9H2,1H3,(H,16,17). The number of ether oxygens (including phenoxy) is 1. The van der Waals surface area contributed by atoms with Crippen molar-refractivity contribution in [2.75, 3.05) is 6.61 Å². The number of benzene rings is 1. The van der Waals surface area contributed by atoms with E-state index in [1.165, 1.54) is 0 Å². The third-order valence-corrected chi connectivity index (χ3v) is 3.86. The molecule has 19 heavy (non-hydrogen) atoms. The lowest BCUT2D eigenvalue weighted by molar-refractivity contribution is 0.0947. The highest BCUT2D eigenvalue weighted by molar-refractivity contribution is 9.10. The van der Waals surface area contributed by atoms with Gasteiger partial charge in [0.1, 0.15) is 5.75 Å². The van der Waals surface area contributed by atoms with Crippen LogP contribution in [0.1, 0.15) is 22.2 Å². The maximum absolute atomic E-state index is 12.2. The number of carbonyl (C=O) groups is 1. The minimum absolute atomic E-state index is 0.127. The quantitative estimate of drug-likeness (QED) is 0.898. The van der Waals surface area contributed by atoms with Crippen LogP contribution in [0.5, 0.6) is 5.75 Å². The Kier molecular flexibility index (Phi) is 4.99. The van der Waals surface area contributed by atoms with Crippen LogP contribution in [0.3, 0.4) is 0 Å². The van der Waals surface area contributed by atoms with Gasteiger partial charge in [-0.3, -0.25) is 4.79 Å². The smallest absolute Gasteiger partial charge is 0.255 e. The average molecular weight is 340 g/mol. The molecule has 3 nitrogen and oxygen atoms in total. The molecule has 0 fully saturated rings. The molecule has 1 amide bonds. The summed E-state index contributed by atoms with van der Waals surface area (Å²) in [6.45, 7) is 2.97. The van der Waals surface area contributed by atoms with E-state index in [-0.39, 0.29) is 5.91 Å². The molecule has 0 bridgehead atoms. The van der Waals surface area contributed by atoms with Crippen molar-refractivity contribution in [1.82, 2.24) is 5.32 Å². The number of hydrogen-bond acceptors (Lipinski definition) is 3. The zero-order valence-electron chi connectivity index (χ0n) is 10.5. The van der Waals surface area contributed by atoms with E-state index >= 15 is 0 Å². The number of hydrogen-bond donors (Lipinski definition) is 1. The van der Waals surface area contributed by atoms with E-state index in [1.54, 1.807) is 23.5 Å². The molecule has 0 saturated heterocycles. The number of thiophene rings is 1. The zero-order valence-corrected chi connectivity index (χ0v) is 12.9. The highest BCUT2D eigenvalue weighted by Gasteiger charge is 2.13. The first-order valence-electron chi connectivity index (χ1n) is 5.93. The van der Waals surface area contributed by atoms with Crippen LogP contribution in [-0.2, 0) is 6.54 Å². The largest absolute Gasteiger partial charge is 0.493 e. The highest BCUT2D eigenvalue weighted by atomic mass is 79.9. The molecule has 0 aliphatic heterocycles. The maximum Gasteiger partial charge on any atom is 0.255 e. The molecular formula is C14H14BrNO2S. The minimum Gasteiger partial charge on any atom is -0.493 e. The summed E-state index contributed by atoms with van der Waals surface area (Å²) in [6.07, 6.45) is 0. The van der Waals surface area contributed by atoms with Crippen molar-refractivity contribution >= 4 is 33.2 Å². The van der Waals surface area contributed by atoms with E-state index in [2.05, 4.69) is 21.2 Å². The van der Waals surface area contributed by atoms with Gasteiger partial charge in [-0.1, -0.05) is 22.0 Å². The summed E-state index contributed by atoms with van der Waals surface area (Å²) in [4.78, 5) is 13.3. The van der Waals surface area contributed by atoms with E-state index in [4.69, 9.17) is 4.74 Å². The third kappa shape index (κ3) is 3.81. The molecule has 0 spiro atoms. The average Bonchev–Trinajstić information content (AvgIpc) is 2.91. The lowest BCUT2D eigenvalue weighted by Gasteiger charge is -2.10. The zero-order chi connectivity index (χ0) is 13.7. The molecule has 1 heterocycles. The van der Waals surface area contributed by atoms with E-state index < -0.39 is 0 Å². The van der Waals surface area contributed by atoms with Crippen LogP contribution in [0.15, 0.2) is 40.2 Å². The van der Waals surface area contributed by atoms with Crippen molar-refractivity contribution in [2.24, 2.45) is 0 Å². The summed E-state index contributed by atoms with van der Waals surface area (Å²) >= 11 is 4.99. The second-order valence-electron chi connectivity index (χ2n) is 3.84. The fraction of sp³-hybridized carbons (Fsp3) is 0.214. The monoisotopic (exact) mass is 339 g/mol. The van der Waals surface area contributed by atoms with Gasteiger partial charge in [0.25, 0.3) is 5.91 Å². The number of nitrogens with one attached hydrogen (secondary N) is 1. The van der Waals surface area contributed by atoms with Gasteiger partial charge in [-0.15, -0.1) is 11.3 Å². The molecule has 2 aromatic rings. The predicted octanol–water partition coefficient (Wildman–Crippen LogP) is 3.84. The van der Waals surface area contributed by atoms with Crippen molar-refractivity contribution < 1.29 is 9.53 Å². The Morgan fingerprint density at radius 3 is 2.95 bits per heavy atom. The number of halogens is 1. The van der Waals surface area contributed by atoms with Gasteiger partial charge in [-0.05, 0) is 36.6 Å². The van der Waals surface area contributed by atoms with Gasteiger partial charge in [0.05, 0.1) is 18.7 Å². The van der Waals surface area contributed by atoms with E-state index in [9.17, 15) is 4.79 Å². The van der Waals surface area contributed by atoms with Gasteiger partial charge >= 0.3 is 0 Å². The Morgan fingerprint density at radius 2 is 2.26 bits per heavy atom. The highest BCUT2D eigenvalue weighted by Crippen LogP contribution is 2.23. The van der Waals surface area contributed by atoms with Gasteiger partial charge in [0, 0.05) is 9.35 Å². The van der Waals surface area contributed by atoms with Crippen LogP contribution in [0.4, 0.5) is 0 Å². The van der Waals surface area contributed by atoms with Gasteiger partial charge in [0.15, 0.2) is 0 Å². The Labute approximate surface area is 124 Å². The van der Waals surface area contributed by atoms with Gasteiger partial charge < -0.3 is 10.1 Å². The Bertz CT molecular complexity index is 555. The molecular weight excluding hydrogens is 326 g/mol. The molecule has 1 N–H and O–H groups in total. The minimum atomic E-state index is -0.127. The molecule has 1 aromatic heterocycles. The summed E-state index contributed by atoms with van der Waals surface area (Å²) in [5.41, 5.74) is 0.549. The lowest BCUT2D eigenvalue weighted by atomic mass is 10.2. The Hall–Kier alpha value is -1.33. The summed E-state index contributed by atoms with van der Waals surface area (Å²) in [6, 6.07) is 9.40. The number of amides is 1. The molecule has 5 heteroatoms. The van der Waals surface area contributed by atoms with Crippen LogP contribution < -0.4 is 10.1 Å². The summed E-state index contributed by atoms with van der Waals surface area (Å²) in [5, 5.41) is 4.89. The van der Waals surface area contributed by atoms with E-state index in [0.29, 0.717) is 24.5 Å². The number of rotatable bonds is 5. The number of carbonyl (C=O) groups excluding carboxylic acids is 1. The van der Waals surface area contributed by atoms with Crippen molar-refractivity contribution in [3.63, 3.8) is 0 Å². The van der Waals surface area contributed by atoms with Crippen molar-refractivity contribution in [2.45, 2.75) is 13.5 Å². The molecule has 0 radical (unpaired) electrons. The maximum atomic E-state index is 12.2. The molecule has 0 aliphatic carbocycles. The van der Waals surface area contributed by atoms with Crippen molar-refractivity contribution in [1.29, 1.82) is 0 Å². The van der Waals surface area contributed by atoms with Crippen LogP contribution in [0.25, 0.3) is 0 Å². The topological polar surface area (TPSA) is 38.3 Å². The molecule has 0 aliphatic rings. The predicted molar refractivity (Wildman–Crippen MR) is 80.8 cm³/mol. The summed E-state index contributed by atoms with van der Waals surface area (Å²) in [7, 11) is 0. The van der Waals surface area contributed by atoms with Gasteiger partial charge in [-0.2, -0.15) is 0 Å². The SMILES string of the molecule is CCOc1ccc(Br)cc1C(=O)NCc1cccs1. The van der Waals surface area contributed by atoms with Crippen LogP contribution >= 0.6 is 27.3 Å². The van der Waals surface area contributed by atoms with Crippen molar-refractivity contribution in [3.8, 4) is 5.75 Å². The first-order chi connectivity index (χ1) is 9.20. The van der Waals surface area contributed by atoms with E-state index in [0.717, 1.165) is 9.35 Å². The molecule has 0 unspecified atom stereocenters. The van der Waals surface area contributed by atoms with Crippen LogP contribution in [0.2, 0.25) is 0 Å². The van der Waals surface area contributed by atoms with Crippen LogP contribution in [-0.4, -0.2) is 12.5 Å². The fourth-order valence-electron chi connectivity index (χ4n) is 1.64. The van der Waals surface area contributed by atoms with Crippen LogP contribution in [0, 0.1) is 0 Å². The molecule has 100 valence electrons. The van der Waals surface area contributed by atoms with Crippen molar-refractivity contribution in [3.05, 3.63) is 50.6 Å². The van der Waals surface area contributed by atoms with Gasteiger partial charge in [0.2, 0.25) is 0 Å². The molecule has 1 aromatic carbocycles. The Balaban J connectivity index is 2.11. The summed E-state index contributed by atoms with van der Waals surface area (Å²) < 4.78 is 6.33. The summed E-state index contributed by atoms with van der Waals surface area (Å²) in [5.74, 6) is 0.479. The van der Waals surface area contributed by atoms with E-state index in [1.807, 2.05) is 30.5 Å². The first-order valence-corrected chi connectivity index (χ1v) is 7.61. The first kappa shape index (κ1) is 14.1.